The van der Waals surface area contributed by atoms with Crippen molar-refractivity contribution in [3.8, 4) is 0 Å². The van der Waals surface area contributed by atoms with Crippen LogP contribution in [0.2, 0.25) is 0 Å². The van der Waals surface area contributed by atoms with E-state index in [9.17, 15) is 4.79 Å². The highest BCUT2D eigenvalue weighted by Crippen LogP contribution is 2.24. The normalized spacial score (nSPS) is 15.2. The number of hydrogen-bond donors (Lipinski definition) is 1. The van der Waals surface area contributed by atoms with Crippen molar-refractivity contribution >= 4 is 5.97 Å². The fraction of sp³-hybridized carbons (Fsp3) is 0.444. The lowest BCUT2D eigenvalue weighted by molar-refractivity contribution is -0.146. The summed E-state index contributed by atoms with van der Waals surface area (Å²) < 4.78 is 9.90. The lowest BCUT2D eigenvalue weighted by Crippen LogP contribution is -2.36. The Labute approximate surface area is 76.1 Å². The quantitative estimate of drug-likeness (QED) is 0.765. The van der Waals surface area contributed by atoms with Gasteiger partial charge in [-0.2, -0.15) is 0 Å². The summed E-state index contributed by atoms with van der Waals surface area (Å²) in [6, 6.07) is 3.29. The van der Waals surface area contributed by atoms with Crippen LogP contribution in [0.3, 0.4) is 0 Å². The molecule has 13 heavy (non-hydrogen) atoms. The average molecular weight is 184 g/mol. The molecule has 1 N–H and O–H groups in total. The third-order valence-corrected chi connectivity index (χ3v) is 1.97. The second-order valence-corrected chi connectivity index (χ2v) is 3.05. The number of ether oxygens (including phenoxy) is 1. The molecule has 1 aromatic rings. The van der Waals surface area contributed by atoms with Gasteiger partial charge >= 0.3 is 5.97 Å². The summed E-state index contributed by atoms with van der Waals surface area (Å²) in [6.07, 6.45) is 1.45. The number of furan rings is 1. The van der Waals surface area contributed by atoms with Crippen LogP contribution in [0.15, 0.2) is 22.8 Å². The van der Waals surface area contributed by atoms with Crippen LogP contribution in [0.4, 0.5) is 0 Å². The minimum Gasteiger partial charge on any atom is -0.480 e. The van der Waals surface area contributed by atoms with Gasteiger partial charge in [-0.15, -0.1) is 0 Å². The zero-order valence-electron chi connectivity index (χ0n) is 7.61. The van der Waals surface area contributed by atoms with E-state index in [1.165, 1.54) is 13.4 Å². The molecule has 0 saturated heterocycles. The van der Waals surface area contributed by atoms with Crippen LogP contribution in [0.5, 0.6) is 0 Å². The summed E-state index contributed by atoms with van der Waals surface area (Å²) >= 11 is 0. The van der Waals surface area contributed by atoms with Crippen LogP contribution in [0.1, 0.15) is 12.7 Å². The number of carboxylic acid groups (broad SMARTS) is 1. The molecular weight excluding hydrogens is 172 g/mol. The van der Waals surface area contributed by atoms with Gasteiger partial charge in [-0.05, 0) is 19.1 Å². The van der Waals surface area contributed by atoms with Gasteiger partial charge in [0.2, 0.25) is 0 Å². The molecule has 0 amide bonds. The van der Waals surface area contributed by atoms with E-state index in [0.717, 1.165) is 0 Å². The van der Waals surface area contributed by atoms with Gasteiger partial charge in [0.1, 0.15) is 11.2 Å². The van der Waals surface area contributed by atoms with Gasteiger partial charge < -0.3 is 14.3 Å². The molecular formula is C9H12O4. The standard InChI is InChI=1S/C9H12O4/c1-9(6-12-2,8(10)11)7-4-3-5-13-7/h3-5H,6H2,1-2H3,(H,10,11). The molecule has 1 heterocycles. The van der Waals surface area contributed by atoms with E-state index in [1.54, 1.807) is 19.1 Å². The Morgan fingerprint density at radius 2 is 2.46 bits per heavy atom. The highest BCUT2D eigenvalue weighted by molar-refractivity contribution is 5.80. The highest BCUT2D eigenvalue weighted by Gasteiger charge is 2.38. The number of hydrogen-bond acceptors (Lipinski definition) is 3. The van der Waals surface area contributed by atoms with Crippen LogP contribution in [0, 0.1) is 0 Å². The molecule has 1 unspecified atom stereocenters. The summed E-state index contributed by atoms with van der Waals surface area (Å²) in [6.45, 7) is 1.66. The number of rotatable bonds is 4. The van der Waals surface area contributed by atoms with E-state index in [4.69, 9.17) is 14.3 Å². The average Bonchev–Trinajstić information content (AvgIpc) is 2.56. The maximum atomic E-state index is 11.0. The first-order chi connectivity index (χ1) is 6.11. The van der Waals surface area contributed by atoms with Gasteiger partial charge in [-0.25, -0.2) is 0 Å². The predicted molar refractivity (Wildman–Crippen MR) is 45.6 cm³/mol. The fourth-order valence-corrected chi connectivity index (χ4v) is 1.12. The first kappa shape index (κ1) is 9.80. The van der Waals surface area contributed by atoms with Crippen molar-refractivity contribution in [1.29, 1.82) is 0 Å². The Kier molecular flexibility index (Phi) is 2.72. The van der Waals surface area contributed by atoms with Gasteiger partial charge in [0.05, 0.1) is 12.9 Å². The molecule has 0 aliphatic carbocycles. The molecule has 4 nitrogen and oxygen atoms in total. The molecule has 0 aliphatic heterocycles. The number of methoxy groups -OCH3 is 1. The van der Waals surface area contributed by atoms with Crippen molar-refractivity contribution in [2.75, 3.05) is 13.7 Å². The molecule has 0 aromatic carbocycles. The smallest absolute Gasteiger partial charge is 0.319 e. The molecule has 0 aliphatic rings. The molecule has 0 spiro atoms. The minimum absolute atomic E-state index is 0.0931. The molecule has 0 fully saturated rings. The van der Waals surface area contributed by atoms with Crippen molar-refractivity contribution < 1.29 is 19.1 Å². The molecule has 1 rings (SSSR count). The Balaban J connectivity index is 2.98. The lowest BCUT2D eigenvalue weighted by Gasteiger charge is -2.20. The zero-order chi connectivity index (χ0) is 9.90. The maximum Gasteiger partial charge on any atom is 0.319 e. The van der Waals surface area contributed by atoms with Crippen LogP contribution < -0.4 is 0 Å². The monoisotopic (exact) mass is 184 g/mol. The van der Waals surface area contributed by atoms with E-state index in [0.29, 0.717) is 5.76 Å². The Morgan fingerprint density at radius 1 is 1.77 bits per heavy atom. The van der Waals surface area contributed by atoms with Crippen LogP contribution in [-0.2, 0) is 14.9 Å². The third-order valence-electron chi connectivity index (χ3n) is 1.97. The van der Waals surface area contributed by atoms with E-state index >= 15 is 0 Å². The van der Waals surface area contributed by atoms with E-state index in [2.05, 4.69) is 0 Å². The number of aliphatic carboxylic acids is 1. The Hall–Kier alpha value is -1.29. The van der Waals surface area contributed by atoms with Gasteiger partial charge in [-0.1, -0.05) is 0 Å². The highest BCUT2D eigenvalue weighted by atomic mass is 16.5. The second kappa shape index (κ2) is 3.62. The first-order valence-electron chi connectivity index (χ1n) is 3.87. The summed E-state index contributed by atoms with van der Waals surface area (Å²) in [7, 11) is 1.46. The van der Waals surface area contributed by atoms with E-state index in [-0.39, 0.29) is 6.61 Å². The topological polar surface area (TPSA) is 59.7 Å². The summed E-state index contributed by atoms with van der Waals surface area (Å²) in [5.41, 5.74) is -1.10. The van der Waals surface area contributed by atoms with Gasteiger partial charge in [-0.3, -0.25) is 4.79 Å². The fourth-order valence-electron chi connectivity index (χ4n) is 1.12. The number of carboxylic acids is 1. The summed E-state index contributed by atoms with van der Waals surface area (Å²) in [5, 5.41) is 9.00. The molecule has 72 valence electrons. The molecule has 0 radical (unpaired) electrons. The molecule has 1 aromatic heterocycles. The SMILES string of the molecule is COCC(C)(C(=O)O)c1ccco1. The largest absolute Gasteiger partial charge is 0.480 e. The number of carbonyl (C=O) groups is 1. The van der Waals surface area contributed by atoms with Gasteiger partial charge in [0, 0.05) is 7.11 Å². The Bertz CT molecular complexity index is 278. The first-order valence-corrected chi connectivity index (χ1v) is 3.87. The summed E-state index contributed by atoms with van der Waals surface area (Å²) in [4.78, 5) is 11.0. The van der Waals surface area contributed by atoms with Gasteiger partial charge in [0.15, 0.2) is 0 Å². The zero-order valence-corrected chi connectivity index (χ0v) is 7.61. The second-order valence-electron chi connectivity index (χ2n) is 3.05. The molecule has 0 saturated carbocycles. The van der Waals surface area contributed by atoms with E-state index < -0.39 is 11.4 Å². The lowest BCUT2D eigenvalue weighted by atomic mass is 9.89. The molecule has 4 heteroatoms. The van der Waals surface area contributed by atoms with Crippen molar-refractivity contribution in [1.82, 2.24) is 0 Å². The van der Waals surface area contributed by atoms with Crippen molar-refractivity contribution in [3.63, 3.8) is 0 Å². The van der Waals surface area contributed by atoms with Crippen LogP contribution in [0.25, 0.3) is 0 Å². The predicted octanol–water partition coefficient (Wildman–Crippen LogP) is 1.27. The van der Waals surface area contributed by atoms with E-state index in [1.807, 2.05) is 0 Å². The van der Waals surface area contributed by atoms with Crippen LogP contribution in [-0.4, -0.2) is 24.8 Å². The Morgan fingerprint density at radius 3 is 2.85 bits per heavy atom. The van der Waals surface area contributed by atoms with Crippen molar-refractivity contribution in [2.45, 2.75) is 12.3 Å². The minimum atomic E-state index is -1.10. The van der Waals surface area contributed by atoms with Crippen molar-refractivity contribution in [2.24, 2.45) is 0 Å². The molecule has 1 atom stereocenters. The van der Waals surface area contributed by atoms with Crippen LogP contribution >= 0.6 is 0 Å². The maximum absolute atomic E-state index is 11.0. The molecule has 0 bridgehead atoms. The summed E-state index contributed by atoms with van der Waals surface area (Å²) in [5.74, 6) is -0.550. The van der Waals surface area contributed by atoms with Gasteiger partial charge in [0.25, 0.3) is 0 Å². The third kappa shape index (κ3) is 1.72. The van der Waals surface area contributed by atoms with Crippen molar-refractivity contribution in [3.05, 3.63) is 24.2 Å².